The van der Waals surface area contributed by atoms with Crippen LogP contribution in [-0.2, 0) is 50.2 Å². The average Bonchev–Trinajstić information content (AvgIpc) is 1.79. The van der Waals surface area contributed by atoms with E-state index in [1.54, 1.807) is 155 Å². The number of ether oxygens (including phenoxy) is 4. The summed E-state index contributed by atoms with van der Waals surface area (Å²) in [6.45, 7) is 3.75. The minimum atomic E-state index is -1.04. The molecule has 0 atom stereocenters. The lowest BCUT2D eigenvalue weighted by atomic mass is 10.1. The number of azide groups is 1. The number of carbonyl (C=O) groups excluding carboxylic acids is 3. The third-order valence-corrected chi connectivity index (χ3v) is 14.7. The molecule has 5 heterocycles. The first-order chi connectivity index (χ1) is 53.6. The molecule has 12 aromatic rings. The van der Waals surface area contributed by atoms with Crippen LogP contribution in [0.4, 0.5) is 17.8 Å². The lowest BCUT2D eigenvalue weighted by Gasteiger charge is -2.06. The molecule has 558 valence electrons. The number of aliphatic carboxylic acids is 1. The number of hydrogen-bond acceptors (Lipinski definition) is 27. The van der Waals surface area contributed by atoms with Gasteiger partial charge in [-0.1, -0.05) is 122 Å². The molecule has 9 N–H and O–H groups in total. The van der Waals surface area contributed by atoms with Gasteiger partial charge in [-0.05, 0) is 145 Å². The molecule has 0 spiro atoms. The predicted molar refractivity (Wildman–Crippen MR) is 411 cm³/mol. The number of phenolic OH excluding ortho intramolecular Hbond substituents is 1. The number of aliphatic hydroxyl groups is 1. The molecule has 7 aromatic carbocycles. The Bertz CT molecular complexity index is 5240. The molecule has 0 aliphatic heterocycles. The summed E-state index contributed by atoms with van der Waals surface area (Å²) in [7, 11) is 1.35. The molecule has 33 heteroatoms. The molecule has 0 aliphatic rings. The molecule has 0 fully saturated rings. The van der Waals surface area contributed by atoms with Gasteiger partial charge < -0.3 is 51.5 Å². The van der Waals surface area contributed by atoms with Gasteiger partial charge >= 0.3 is 11.9 Å². The molecule has 111 heavy (non-hydrogen) atoms. The van der Waals surface area contributed by atoms with Gasteiger partial charge in [0.25, 0.3) is 0 Å². The highest BCUT2D eigenvalue weighted by Crippen LogP contribution is 2.28. The van der Waals surface area contributed by atoms with Crippen LogP contribution < -0.4 is 31.4 Å². The number of hydrogen-bond donors (Lipinski definition) is 6. The zero-order chi connectivity index (χ0) is 80.0. The van der Waals surface area contributed by atoms with Crippen LogP contribution in [0.15, 0.2) is 206 Å². The van der Waals surface area contributed by atoms with Crippen LogP contribution in [0, 0.1) is 46.3 Å². The second-order valence-corrected chi connectivity index (χ2v) is 23.4. The van der Waals surface area contributed by atoms with Crippen LogP contribution in [-0.4, -0.2) is 131 Å². The number of anilines is 3. The van der Waals surface area contributed by atoms with Crippen LogP contribution in [0.5, 0.6) is 23.0 Å². The Hall–Kier alpha value is -15.3. The summed E-state index contributed by atoms with van der Waals surface area (Å²) in [5.74, 6) is 3.23. The summed E-state index contributed by atoms with van der Waals surface area (Å²) in [5.41, 5.74) is 37.1. The maximum Gasteiger partial charge on any atom is 0.341 e. The molecule has 0 bridgehead atoms. The zero-order valence-corrected chi connectivity index (χ0v) is 61.1. The first-order valence-electron chi connectivity index (χ1n) is 32.7. The molecule has 0 saturated carbocycles. The monoisotopic (exact) mass is 1550 g/mol. The number of rotatable bonds is 22. The van der Waals surface area contributed by atoms with Gasteiger partial charge in [0.2, 0.25) is 17.8 Å². The number of nitriles is 3. The number of ketones is 2. The van der Waals surface area contributed by atoms with Crippen molar-refractivity contribution in [1.29, 1.82) is 15.8 Å². The highest BCUT2D eigenvalue weighted by Gasteiger charge is 2.15. The number of carboxylic acid groups (broad SMARTS) is 1. The molecule has 0 amide bonds. The van der Waals surface area contributed by atoms with Gasteiger partial charge in [0.1, 0.15) is 58.6 Å². The Labute approximate surface area is 643 Å². The number of alkyl halides is 1. The van der Waals surface area contributed by atoms with Crippen LogP contribution >= 0.6 is 15.9 Å². The summed E-state index contributed by atoms with van der Waals surface area (Å²) >= 11 is 2.90. The Morgan fingerprint density at radius 3 is 1.31 bits per heavy atom. The molecule has 0 unspecified atom stereocenters. The van der Waals surface area contributed by atoms with Crippen molar-refractivity contribution in [1.82, 2.24) is 59.9 Å². The van der Waals surface area contributed by atoms with Gasteiger partial charge in [-0.2, -0.15) is 15.8 Å². The summed E-state index contributed by atoms with van der Waals surface area (Å²) in [6, 6.07) is 60.8. The van der Waals surface area contributed by atoms with Crippen LogP contribution in [0.2, 0.25) is 0 Å². The molecular weight excluding hydrogens is 1490 g/mol. The van der Waals surface area contributed by atoms with Crippen molar-refractivity contribution in [3.05, 3.63) is 256 Å². The largest absolute Gasteiger partial charge is 0.508 e. The van der Waals surface area contributed by atoms with Gasteiger partial charge in [0.15, 0.2) is 18.2 Å². The number of nitrogen functional groups attached to an aromatic ring is 3. The second-order valence-electron chi connectivity index (χ2n) is 22.8. The van der Waals surface area contributed by atoms with E-state index in [-0.39, 0.29) is 72.8 Å². The number of aromatic hydroxyl groups is 1. The quantitative estimate of drug-likeness (QED) is 0.00916. The van der Waals surface area contributed by atoms with Crippen molar-refractivity contribution in [2.45, 2.75) is 40.1 Å². The van der Waals surface area contributed by atoms with Crippen LogP contribution in [0.1, 0.15) is 58.5 Å². The van der Waals surface area contributed by atoms with Crippen molar-refractivity contribution in [3.63, 3.8) is 0 Å². The third kappa shape index (κ3) is 28.3. The van der Waals surface area contributed by atoms with Gasteiger partial charge in [-0.15, -0.1) is 16.6 Å². The number of aliphatic hydroxyl groups excluding tert-OH is 1. The standard InChI is InChI=1S/C23H19N7O2.C22H17N7O3.C13H8N4.C10H11N3O2.C7H8O2.C3H5BrO2/c1-15(31)14-32-19-7-3-5-17(9-19)12-30-13-22(28-29-30)21-10-20(26-23(25)27-21)18-6-2-4-16(8-18)11-24;23-10-14-3-1-5-16(7-14)18-9-19(26-22(24)25-18)20-12-29(28-27-20)11-15-4-2-6-17(8-15)32-13-21(30)31;1-2-11-7-12(17-13(15)16-11)10-5-3-4-9(6-10)8-14;1-8(14)7-15-10-4-2-3-9(5-10)6-12-13-11;8-5-6-2-1-3-7(9)4-6;1-6-3(5)2-4/h2-10,13H,12,14H2,1H3,(H2,25,26,27);1-9,12H,11,13H2,(H,30,31)(H2,24,25,26);1,3-7H,(H2,15,16,17);2-5H,6-7H2,1H3;1-4,8-9H,5H2;2H2,1H3. The Balaban J connectivity index is 0.000000200. The number of Topliss-reactive ketones (excluding diaryl/α,β-unsaturated/α-hetero) is 2. The first-order valence-corrected chi connectivity index (χ1v) is 33.8. The second kappa shape index (κ2) is 43.2. The number of nitrogens with zero attached hydrogens (tertiary/aromatic N) is 18. The molecule has 5 aromatic heterocycles. The number of nitrogens with two attached hydrogens (primary N) is 3. The van der Waals surface area contributed by atoms with E-state index in [4.69, 9.17) is 74.5 Å². The number of carboxylic acids is 1. The predicted octanol–water partition coefficient (Wildman–Crippen LogP) is 10.7. The van der Waals surface area contributed by atoms with Crippen molar-refractivity contribution in [2.75, 3.05) is 49.5 Å². The fourth-order valence-electron chi connectivity index (χ4n) is 9.32. The van der Waals surface area contributed by atoms with Gasteiger partial charge in [-0.3, -0.25) is 14.4 Å². The number of aromatic nitrogens is 12. The van der Waals surface area contributed by atoms with E-state index in [9.17, 15) is 19.2 Å². The smallest absolute Gasteiger partial charge is 0.341 e. The van der Waals surface area contributed by atoms with Gasteiger partial charge in [-0.25, -0.2) is 44.1 Å². The van der Waals surface area contributed by atoms with Crippen LogP contribution in [0.3, 0.4) is 0 Å². The van der Waals surface area contributed by atoms with E-state index in [1.807, 2.05) is 48.5 Å². The van der Waals surface area contributed by atoms with E-state index in [0.29, 0.717) is 92.6 Å². The van der Waals surface area contributed by atoms with Crippen molar-refractivity contribution in [2.24, 2.45) is 5.11 Å². The SMILES string of the molecule is C#Cc1cc(-c2cccc(C#N)c2)nc(N)n1.CC(=O)COc1cccc(CN=[N+]=[N-])c1.CC(=O)COc1cccc(Cn2cc(-c3cc(-c4cccc(C#N)c4)nc(N)n3)nn2)c1.COC(=O)CBr.N#Cc1cccc(-c2cc(-c3cn(Cc4cccc(OCC(=O)O)c4)nn3)nc(N)n2)c1.OCc1cccc(O)c1. The Morgan fingerprint density at radius 1 is 0.532 bits per heavy atom. The molecule has 0 aliphatic carbocycles. The van der Waals surface area contributed by atoms with E-state index >= 15 is 0 Å². The average molecular weight is 1560 g/mol. The normalized spacial score (nSPS) is 9.88. The molecule has 12 rings (SSSR count). The summed E-state index contributed by atoms with van der Waals surface area (Å²) in [4.78, 5) is 70.1. The molecule has 0 radical (unpaired) electrons. The Kier molecular flexibility index (Phi) is 32.3. The number of phenols is 1. The molecule has 32 nitrogen and oxygen atoms in total. The van der Waals surface area contributed by atoms with E-state index < -0.39 is 12.6 Å². The lowest BCUT2D eigenvalue weighted by Crippen LogP contribution is -2.09. The Morgan fingerprint density at radius 2 is 0.928 bits per heavy atom. The van der Waals surface area contributed by atoms with E-state index in [1.165, 1.54) is 27.0 Å². The summed E-state index contributed by atoms with van der Waals surface area (Å²) < 4.78 is 23.4. The summed E-state index contributed by atoms with van der Waals surface area (Å²) in [6.07, 6.45) is 8.76. The third-order valence-electron chi connectivity index (χ3n) is 14.2. The topological polar surface area (TPSA) is 503 Å². The maximum absolute atomic E-state index is 11.1. The van der Waals surface area contributed by atoms with Gasteiger partial charge in [0.05, 0.1) is 109 Å². The van der Waals surface area contributed by atoms with Crippen molar-refractivity contribution >= 4 is 57.3 Å². The highest BCUT2D eigenvalue weighted by molar-refractivity contribution is 9.09. The number of benzene rings is 7. The zero-order valence-electron chi connectivity index (χ0n) is 59.6. The van der Waals surface area contributed by atoms with E-state index in [2.05, 4.69) is 105 Å². The summed E-state index contributed by atoms with van der Waals surface area (Å²) in [5, 5.41) is 73.7. The fourth-order valence-corrected chi connectivity index (χ4v) is 9.55. The number of methoxy groups -OCH3 is 1. The highest BCUT2D eigenvalue weighted by atomic mass is 79.9. The van der Waals surface area contributed by atoms with Gasteiger partial charge in [0, 0.05) is 21.6 Å². The van der Waals surface area contributed by atoms with E-state index in [0.717, 1.165) is 38.9 Å². The van der Waals surface area contributed by atoms with Crippen molar-refractivity contribution in [3.8, 4) is 110 Å². The minimum absolute atomic E-state index is 0.0194. The minimum Gasteiger partial charge on any atom is -0.508 e. The number of carbonyl (C=O) groups is 4. The first kappa shape index (κ1) is 83.0. The fraction of sp³-hybridized carbons (Fsp3) is 0.141. The number of esters is 1. The molecule has 0 saturated heterocycles. The number of terminal acetylenes is 1. The number of halogens is 1. The maximum atomic E-state index is 11.1. The lowest BCUT2D eigenvalue weighted by molar-refractivity contribution is -0.139. The molecular formula is C78H68BrN21O11. The van der Waals surface area contributed by atoms with Crippen LogP contribution in [0.25, 0.3) is 67.0 Å². The van der Waals surface area contributed by atoms with Crippen molar-refractivity contribution < 1.29 is 53.4 Å².